The van der Waals surface area contributed by atoms with Gasteiger partial charge in [0.2, 0.25) is 5.91 Å². The Hall–Kier alpha value is -2.67. The van der Waals surface area contributed by atoms with Gasteiger partial charge in [-0.25, -0.2) is 8.42 Å². The number of likely N-dealkylation sites (tertiary alicyclic amines) is 1. The smallest absolute Gasteiger partial charge is 0.251 e. The highest BCUT2D eigenvalue weighted by atomic mass is 32.2. The SMILES string of the molecule is CS(=O)(=O)c1cccc(C(=O)NC(CN2CCCC2=O)c2ccccc2)c1. The van der Waals surface area contributed by atoms with Gasteiger partial charge in [0.25, 0.3) is 5.91 Å². The third kappa shape index (κ3) is 4.74. The molecule has 6 nitrogen and oxygen atoms in total. The lowest BCUT2D eigenvalue weighted by atomic mass is 10.1. The molecule has 3 rings (SSSR count). The number of nitrogens with one attached hydrogen (secondary N) is 1. The van der Waals surface area contributed by atoms with Crippen LogP contribution in [0.2, 0.25) is 0 Å². The van der Waals surface area contributed by atoms with Crippen LogP contribution in [0.5, 0.6) is 0 Å². The number of carbonyl (C=O) groups is 2. The number of sulfone groups is 1. The Kier molecular flexibility index (Phi) is 5.60. The van der Waals surface area contributed by atoms with Gasteiger partial charge < -0.3 is 10.2 Å². The molecule has 0 aliphatic carbocycles. The maximum absolute atomic E-state index is 12.8. The summed E-state index contributed by atoms with van der Waals surface area (Å²) < 4.78 is 23.5. The minimum absolute atomic E-state index is 0.0873. The molecule has 0 spiro atoms. The Morgan fingerprint density at radius 1 is 1.15 bits per heavy atom. The van der Waals surface area contributed by atoms with E-state index in [0.29, 0.717) is 19.5 Å². The van der Waals surface area contributed by atoms with Gasteiger partial charge in [-0.2, -0.15) is 0 Å². The summed E-state index contributed by atoms with van der Waals surface area (Å²) in [6.07, 6.45) is 2.46. The molecule has 2 aromatic rings. The third-order valence-corrected chi connectivity index (χ3v) is 5.72. The van der Waals surface area contributed by atoms with E-state index in [9.17, 15) is 18.0 Å². The van der Waals surface area contributed by atoms with Crippen molar-refractivity contribution in [1.82, 2.24) is 10.2 Å². The molecule has 1 saturated heterocycles. The molecule has 1 aliphatic rings. The molecule has 0 aromatic heterocycles. The van der Waals surface area contributed by atoms with Gasteiger partial charge in [0, 0.05) is 31.3 Å². The van der Waals surface area contributed by atoms with Crippen LogP contribution < -0.4 is 5.32 Å². The predicted octanol–water partition coefficient (Wildman–Crippen LogP) is 2.18. The molecular weight excluding hydrogens is 364 g/mol. The summed E-state index contributed by atoms with van der Waals surface area (Å²) in [5.74, 6) is -0.287. The first kappa shape index (κ1) is 19.1. The fourth-order valence-corrected chi connectivity index (χ4v) is 3.81. The molecule has 2 amide bonds. The van der Waals surface area contributed by atoms with Gasteiger partial charge in [0.15, 0.2) is 9.84 Å². The molecule has 1 heterocycles. The number of carbonyl (C=O) groups excluding carboxylic acids is 2. The number of benzene rings is 2. The van der Waals surface area contributed by atoms with E-state index in [0.717, 1.165) is 18.2 Å². The van der Waals surface area contributed by atoms with E-state index in [1.165, 1.54) is 12.1 Å². The average molecular weight is 386 g/mol. The van der Waals surface area contributed by atoms with Gasteiger partial charge in [-0.05, 0) is 30.2 Å². The maximum atomic E-state index is 12.8. The summed E-state index contributed by atoms with van der Waals surface area (Å²) in [6.45, 7) is 1.07. The number of hydrogen-bond donors (Lipinski definition) is 1. The van der Waals surface area contributed by atoms with Crippen LogP contribution in [-0.4, -0.2) is 44.5 Å². The summed E-state index contributed by atoms with van der Waals surface area (Å²) >= 11 is 0. The Balaban J connectivity index is 1.83. The molecule has 7 heteroatoms. The zero-order valence-electron chi connectivity index (χ0n) is 15.1. The van der Waals surface area contributed by atoms with Crippen molar-refractivity contribution in [3.8, 4) is 0 Å². The van der Waals surface area contributed by atoms with Gasteiger partial charge in [-0.3, -0.25) is 9.59 Å². The molecule has 1 aliphatic heterocycles. The fraction of sp³-hybridized carbons (Fsp3) is 0.300. The normalized spacial score (nSPS) is 15.6. The summed E-state index contributed by atoms with van der Waals surface area (Å²) in [5.41, 5.74) is 1.16. The second-order valence-corrected chi connectivity index (χ2v) is 8.70. The van der Waals surface area contributed by atoms with Crippen molar-refractivity contribution in [3.63, 3.8) is 0 Å². The van der Waals surface area contributed by atoms with E-state index in [1.54, 1.807) is 17.0 Å². The van der Waals surface area contributed by atoms with Crippen molar-refractivity contribution in [3.05, 3.63) is 65.7 Å². The second kappa shape index (κ2) is 7.92. The van der Waals surface area contributed by atoms with E-state index in [4.69, 9.17) is 0 Å². The average Bonchev–Trinajstić information content (AvgIpc) is 3.06. The van der Waals surface area contributed by atoms with Gasteiger partial charge in [0.1, 0.15) is 0 Å². The van der Waals surface area contributed by atoms with Gasteiger partial charge in [-0.15, -0.1) is 0 Å². The molecule has 27 heavy (non-hydrogen) atoms. The summed E-state index contributed by atoms with van der Waals surface area (Å²) in [6, 6.07) is 15.0. The number of hydrogen-bond acceptors (Lipinski definition) is 4. The van der Waals surface area contributed by atoms with Crippen molar-refractivity contribution >= 4 is 21.7 Å². The van der Waals surface area contributed by atoms with Crippen LogP contribution in [-0.2, 0) is 14.6 Å². The first-order chi connectivity index (χ1) is 12.8. The van der Waals surface area contributed by atoms with Crippen LogP contribution in [0.3, 0.4) is 0 Å². The first-order valence-electron chi connectivity index (χ1n) is 8.78. The van der Waals surface area contributed by atoms with E-state index < -0.39 is 9.84 Å². The summed E-state index contributed by atoms with van der Waals surface area (Å²) in [4.78, 5) is 26.6. The van der Waals surface area contributed by atoms with Gasteiger partial charge in [-0.1, -0.05) is 36.4 Å². The molecule has 2 aromatic carbocycles. The highest BCUT2D eigenvalue weighted by molar-refractivity contribution is 7.90. The number of amides is 2. The lowest BCUT2D eigenvalue weighted by Crippen LogP contribution is -2.38. The fourth-order valence-electron chi connectivity index (χ4n) is 3.15. The van der Waals surface area contributed by atoms with Gasteiger partial charge >= 0.3 is 0 Å². The van der Waals surface area contributed by atoms with E-state index in [1.807, 2.05) is 30.3 Å². The molecule has 1 N–H and O–H groups in total. The Morgan fingerprint density at radius 3 is 2.52 bits per heavy atom. The van der Waals surface area contributed by atoms with Crippen molar-refractivity contribution in [2.24, 2.45) is 0 Å². The van der Waals surface area contributed by atoms with Crippen LogP contribution in [0.1, 0.15) is 34.8 Å². The molecule has 142 valence electrons. The highest BCUT2D eigenvalue weighted by Gasteiger charge is 2.25. The molecular formula is C20H22N2O4S. The van der Waals surface area contributed by atoms with Crippen LogP contribution in [0.4, 0.5) is 0 Å². The van der Waals surface area contributed by atoms with Crippen LogP contribution in [0, 0.1) is 0 Å². The molecule has 1 fully saturated rings. The number of rotatable bonds is 6. The van der Waals surface area contributed by atoms with Crippen molar-refractivity contribution in [2.75, 3.05) is 19.3 Å². The lowest BCUT2D eigenvalue weighted by molar-refractivity contribution is -0.128. The van der Waals surface area contributed by atoms with Crippen LogP contribution in [0.15, 0.2) is 59.5 Å². The minimum atomic E-state index is -3.40. The number of nitrogens with zero attached hydrogens (tertiary/aromatic N) is 1. The Morgan fingerprint density at radius 2 is 1.89 bits per heavy atom. The van der Waals surface area contributed by atoms with E-state index >= 15 is 0 Å². The van der Waals surface area contributed by atoms with Crippen molar-refractivity contribution in [1.29, 1.82) is 0 Å². The van der Waals surface area contributed by atoms with Crippen molar-refractivity contribution in [2.45, 2.75) is 23.8 Å². The zero-order chi connectivity index (χ0) is 19.4. The highest BCUT2D eigenvalue weighted by Crippen LogP contribution is 2.20. The lowest BCUT2D eigenvalue weighted by Gasteiger charge is -2.25. The summed E-state index contributed by atoms with van der Waals surface area (Å²) in [5, 5.41) is 2.95. The second-order valence-electron chi connectivity index (χ2n) is 6.68. The monoisotopic (exact) mass is 386 g/mol. The minimum Gasteiger partial charge on any atom is -0.343 e. The van der Waals surface area contributed by atoms with Crippen LogP contribution >= 0.6 is 0 Å². The molecule has 0 radical (unpaired) electrons. The summed E-state index contributed by atoms with van der Waals surface area (Å²) in [7, 11) is -3.40. The molecule has 0 bridgehead atoms. The maximum Gasteiger partial charge on any atom is 0.251 e. The first-order valence-corrected chi connectivity index (χ1v) is 10.7. The zero-order valence-corrected chi connectivity index (χ0v) is 15.9. The topological polar surface area (TPSA) is 83.6 Å². The van der Waals surface area contributed by atoms with E-state index in [2.05, 4.69) is 5.32 Å². The Bertz CT molecular complexity index is 941. The predicted molar refractivity (Wildman–Crippen MR) is 102 cm³/mol. The molecule has 0 saturated carbocycles. The molecule has 1 unspecified atom stereocenters. The van der Waals surface area contributed by atoms with E-state index in [-0.39, 0.29) is 28.3 Å². The Labute approximate surface area is 159 Å². The van der Waals surface area contributed by atoms with Crippen LogP contribution in [0.25, 0.3) is 0 Å². The molecule has 1 atom stereocenters. The van der Waals surface area contributed by atoms with Gasteiger partial charge in [0.05, 0.1) is 10.9 Å². The standard InChI is InChI=1S/C20H22N2O4S/c1-27(25,26)17-10-5-9-16(13-17)20(24)21-18(15-7-3-2-4-8-15)14-22-12-6-11-19(22)23/h2-5,7-10,13,18H,6,11-12,14H2,1H3,(H,21,24). The third-order valence-electron chi connectivity index (χ3n) is 4.61. The quantitative estimate of drug-likeness (QED) is 0.825. The van der Waals surface area contributed by atoms with Crippen molar-refractivity contribution < 1.29 is 18.0 Å². The largest absolute Gasteiger partial charge is 0.343 e.